The number of hydrogen-bond donors (Lipinski definition) is 0. The Morgan fingerprint density at radius 2 is 0.952 bits per heavy atom. The molecule has 0 aromatic rings. The van der Waals surface area contributed by atoms with Crippen LogP contribution in [0.15, 0.2) is 0 Å². The topological polar surface area (TPSA) is 0 Å². The number of rotatable bonds is 15. The van der Waals surface area contributed by atoms with Crippen molar-refractivity contribution >= 4 is 0 Å². The summed E-state index contributed by atoms with van der Waals surface area (Å²) in [5, 5.41) is 0. The summed E-state index contributed by atoms with van der Waals surface area (Å²) >= 11 is 0. The Labute approximate surface area is 192 Å². The first kappa shape index (κ1) is 3.26. The summed E-state index contributed by atoms with van der Waals surface area (Å²) in [7, 11) is 2.93. The first-order valence-corrected chi connectivity index (χ1v) is 5.32. The van der Waals surface area contributed by atoms with Gasteiger partial charge >= 0.3 is 0 Å². The summed E-state index contributed by atoms with van der Waals surface area (Å²) in [6, 6.07) is 0. The molecule has 2 heteroatoms. The molecule has 0 aromatic heterocycles. The van der Waals surface area contributed by atoms with E-state index in [2.05, 4.69) is 0 Å². The van der Waals surface area contributed by atoms with Crippen molar-refractivity contribution in [1.82, 2.24) is 0 Å². The molecule has 0 spiro atoms. The van der Waals surface area contributed by atoms with Crippen LogP contribution in [0.25, 0.3) is 0 Å². The third-order valence-corrected chi connectivity index (χ3v) is 1.20. The van der Waals surface area contributed by atoms with E-state index in [1.54, 1.807) is 0 Å². The second kappa shape index (κ2) is 16.8. The summed E-state index contributed by atoms with van der Waals surface area (Å²) in [6.45, 7) is -7.59. The van der Waals surface area contributed by atoms with Gasteiger partial charge in [0, 0.05) is 42.5 Å². The van der Waals surface area contributed by atoms with Crippen LogP contribution in [-0.4, -0.2) is 32.1 Å². The molecule has 21 heavy (non-hydrogen) atoms. The molecule has 0 unspecified atom stereocenters. The van der Waals surface area contributed by atoms with E-state index < -0.39 is 107 Å². The molecular formula is C19H42BrN. The van der Waals surface area contributed by atoms with Crippen molar-refractivity contribution in [3.05, 3.63) is 0 Å². The molecule has 0 heterocycles. The Morgan fingerprint density at radius 3 is 1.29 bits per heavy atom. The van der Waals surface area contributed by atoms with Gasteiger partial charge in [0.05, 0.1) is 30.4 Å². The van der Waals surface area contributed by atoms with Crippen molar-refractivity contribution in [3.8, 4) is 0 Å². The Bertz CT molecular complexity index is 1250. The van der Waals surface area contributed by atoms with E-state index in [0.717, 1.165) is 21.1 Å². The Balaban J connectivity index is 0. The number of quaternary nitrogens is 1. The molecular weight excluding hydrogens is 322 g/mol. The highest BCUT2D eigenvalue weighted by molar-refractivity contribution is 4.49. The molecule has 0 atom stereocenters. The van der Waals surface area contributed by atoms with Crippen molar-refractivity contribution in [1.29, 1.82) is 0 Å². The summed E-state index contributed by atoms with van der Waals surface area (Å²) in [5.74, 6) is 0. The van der Waals surface area contributed by atoms with Gasteiger partial charge in [-0.1, -0.05) is 83.3 Å². The van der Waals surface area contributed by atoms with E-state index in [4.69, 9.17) is 45.2 Å². The second-order valence-corrected chi connectivity index (χ2v) is 3.87. The van der Waals surface area contributed by atoms with E-state index >= 15 is 0 Å². The van der Waals surface area contributed by atoms with Gasteiger partial charge < -0.3 is 21.5 Å². The molecule has 0 aliphatic rings. The number of hydrogen-bond acceptors (Lipinski definition) is 0. The normalized spacial score (nSPS) is 45.6. The van der Waals surface area contributed by atoms with E-state index in [0.29, 0.717) is 0 Å². The van der Waals surface area contributed by atoms with Crippen LogP contribution < -0.4 is 17.0 Å². The minimum Gasteiger partial charge on any atom is -1.00 e. The average molecular weight is 398 g/mol. The van der Waals surface area contributed by atoms with Gasteiger partial charge in [0.1, 0.15) is 0 Å². The van der Waals surface area contributed by atoms with Gasteiger partial charge in [-0.05, 0) is 12.7 Å². The van der Waals surface area contributed by atoms with Crippen LogP contribution >= 0.6 is 0 Å². The van der Waals surface area contributed by atoms with Crippen LogP contribution in [0.5, 0.6) is 0 Å². The molecule has 0 saturated carbocycles. The summed E-state index contributed by atoms with van der Waals surface area (Å²) in [6.07, 6.45) is -67.6. The molecule has 0 amide bonds. The molecule has 0 radical (unpaired) electrons. The van der Waals surface area contributed by atoms with Crippen LogP contribution in [0.1, 0.15) is 141 Å². The lowest BCUT2D eigenvalue weighted by Gasteiger charge is -2.23. The summed E-state index contributed by atoms with van der Waals surface area (Å²) in [4.78, 5) is 0. The maximum absolute atomic E-state index is 8.27. The lowest BCUT2D eigenvalue weighted by molar-refractivity contribution is -0.870. The quantitative estimate of drug-likeness (QED) is 0.372. The molecule has 0 fully saturated rings. The predicted molar refractivity (Wildman–Crippen MR) is 93.2 cm³/mol. The van der Waals surface area contributed by atoms with Crippen molar-refractivity contribution < 1.29 is 66.7 Å². The third kappa shape index (κ3) is 22.9. The first-order chi connectivity index (χ1) is 22.0. The SMILES string of the molecule is [2H]C([2H])([2H])C([2H])([2H])C([2H])([2H])C([2H])([2H])C([2H])([2H])C([2H])([2H])C([2H])([2H])C([2H])([2H])C([2H])([2H])C([2H])([2H])C([2H])([2H])C([2H])([2H])C([2H])([2H])C([2H])([2H])C([2H])([2H])C([2H])([2H])[N+](C)(C)C.[Br-]. The van der Waals surface area contributed by atoms with Crippen molar-refractivity contribution in [2.75, 3.05) is 27.6 Å². The largest absolute Gasteiger partial charge is 1.00 e. The minimum absolute atomic E-state index is 0. The van der Waals surface area contributed by atoms with Gasteiger partial charge in [-0.25, -0.2) is 0 Å². The van der Waals surface area contributed by atoms with Crippen LogP contribution in [-0.2, 0) is 0 Å². The number of halogens is 1. The van der Waals surface area contributed by atoms with Crippen LogP contribution in [0.3, 0.4) is 0 Å². The van der Waals surface area contributed by atoms with Crippen LogP contribution in [0, 0.1) is 0 Å². The maximum atomic E-state index is 8.27. The fourth-order valence-electron chi connectivity index (χ4n) is 0.571. The Hall–Kier alpha value is 0.440. The highest BCUT2D eigenvalue weighted by atomic mass is 79.9. The fraction of sp³-hybridized carbons (Fsp3) is 1.00. The van der Waals surface area contributed by atoms with Gasteiger partial charge in [0.15, 0.2) is 0 Å². The van der Waals surface area contributed by atoms with Gasteiger partial charge in [-0.15, -0.1) is 0 Å². The highest BCUT2D eigenvalue weighted by Crippen LogP contribution is 2.13. The van der Waals surface area contributed by atoms with Gasteiger partial charge in [0.25, 0.3) is 0 Å². The molecule has 0 saturated heterocycles. The average Bonchev–Trinajstić information content (AvgIpc) is 2.89. The monoisotopic (exact) mass is 396 g/mol. The standard InChI is InChI=1S/C19H42N.BrH/c1-5-6-7-8-9-10-11-12-13-14-15-16-17-18-19-20(2,3)4;/h5-19H2,1-4H3;1H/q+1;/p-1/i1D3,5D2,6D2,7D2,8D2,9D2,10D2,11D2,12D2,13D2,14D2,15D2,16D2,17D2,18D2,19D2;. The third-order valence-electron chi connectivity index (χ3n) is 1.20. The molecule has 0 N–H and O–H groups in total. The molecule has 0 aromatic carbocycles. The Kier molecular flexibility index (Phi) is 2.61. The molecule has 1 nitrogen and oxygen atoms in total. The molecule has 0 aliphatic heterocycles. The minimum atomic E-state index is -5.11. The van der Waals surface area contributed by atoms with Crippen LogP contribution in [0.4, 0.5) is 0 Å². The number of nitrogens with zero attached hydrogens (tertiary/aromatic N) is 1. The second-order valence-electron chi connectivity index (χ2n) is 3.87. The first-order valence-electron chi connectivity index (χ1n) is 21.8. The maximum Gasteiger partial charge on any atom is 0.0924 e. The van der Waals surface area contributed by atoms with Crippen molar-refractivity contribution in [2.45, 2.75) is 96.1 Å². The summed E-state index contributed by atoms with van der Waals surface area (Å²) < 4.78 is 265. The molecule has 0 bridgehead atoms. The predicted octanol–water partition coefficient (Wildman–Crippen LogP) is 3.18. The van der Waals surface area contributed by atoms with Crippen molar-refractivity contribution in [3.63, 3.8) is 0 Å². The van der Waals surface area contributed by atoms with Gasteiger partial charge in [-0.2, -0.15) is 0 Å². The summed E-state index contributed by atoms with van der Waals surface area (Å²) in [5.41, 5.74) is 0. The van der Waals surface area contributed by atoms with E-state index in [1.165, 1.54) is 0 Å². The molecule has 0 aliphatic carbocycles. The zero-order valence-electron chi connectivity index (χ0n) is 44.8. The van der Waals surface area contributed by atoms with Gasteiger partial charge in [-0.3, -0.25) is 0 Å². The van der Waals surface area contributed by atoms with E-state index in [-0.39, 0.29) is 17.0 Å². The highest BCUT2D eigenvalue weighted by Gasteiger charge is 2.04. The zero-order chi connectivity index (χ0) is 44.5. The molecule has 130 valence electrons. The van der Waals surface area contributed by atoms with Gasteiger partial charge in [0.2, 0.25) is 0 Å². The zero-order valence-corrected chi connectivity index (χ0v) is 13.4. The fourth-order valence-corrected chi connectivity index (χ4v) is 0.571. The lowest BCUT2D eigenvalue weighted by atomic mass is 10.0. The lowest BCUT2D eigenvalue weighted by Crippen LogP contribution is -3.00. The van der Waals surface area contributed by atoms with Crippen LogP contribution in [0.2, 0.25) is 0 Å². The van der Waals surface area contributed by atoms with Crippen molar-refractivity contribution in [2.24, 2.45) is 0 Å². The van der Waals surface area contributed by atoms with E-state index in [1.807, 2.05) is 0 Å². The Morgan fingerprint density at radius 1 is 0.619 bits per heavy atom. The van der Waals surface area contributed by atoms with E-state index in [9.17, 15) is 0 Å². The smallest absolute Gasteiger partial charge is 0.0924 e. The molecule has 0 rings (SSSR count).